The van der Waals surface area contributed by atoms with Crippen LogP contribution in [0.3, 0.4) is 0 Å². The number of aryl methyl sites for hydroxylation is 2. The van der Waals surface area contributed by atoms with E-state index in [2.05, 4.69) is 64.4 Å². The molecule has 122 valence electrons. The summed E-state index contributed by atoms with van der Waals surface area (Å²) in [6, 6.07) is 6.36. The molecule has 1 aliphatic rings. The van der Waals surface area contributed by atoms with Crippen LogP contribution in [-0.2, 0) is 6.42 Å². The highest BCUT2D eigenvalue weighted by molar-refractivity contribution is 5.64. The molecule has 2 aromatic rings. The van der Waals surface area contributed by atoms with Crippen molar-refractivity contribution < 1.29 is 0 Å². The molecule has 1 aromatic carbocycles. The highest BCUT2D eigenvalue weighted by Crippen LogP contribution is 2.25. The van der Waals surface area contributed by atoms with Crippen LogP contribution in [-0.4, -0.2) is 28.3 Å². The van der Waals surface area contributed by atoms with Gasteiger partial charge in [-0.2, -0.15) is 10.1 Å². The Hall–Kier alpha value is -2.17. The van der Waals surface area contributed by atoms with Crippen molar-refractivity contribution in [1.29, 1.82) is 0 Å². The van der Waals surface area contributed by atoms with Crippen molar-refractivity contribution in [3.05, 3.63) is 35.5 Å². The standard InChI is InChI=1S/C18H25N5/c1-4-15-9-5-8-14(3)17(15)20-16-11-19-22-18(21-16)23-10-6-7-13(2)12-23/h5,8-9,11,13H,4,6-7,10,12H2,1-3H3,(H,20,21,22). The number of hydrogen-bond acceptors (Lipinski definition) is 5. The SMILES string of the molecule is CCc1cccc(C)c1Nc1cnnc(N2CCCC(C)C2)n1. The second-order valence-corrected chi connectivity index (χ2v) is 6.42. The molecule has 23 heavy (non-hydrogen) atoms. The molecular weight excluding hydrogens is 286 g/mol. The Morgan fingerprint density at radius 2 is 2.22 bits per heavy atom. The fourth-order valence-corrected chi connectivity index (χ4v) is 3.19. The lowest BCUT2D eigenvalue weighted by Crippen LogP contribution is -2.35. The van der Waals surface area contributed by atoms with E-state index >= 15 is 0 Å². The maximum Gasteiger partial charge on any atom is 0.247 e. The molecule has 1 unspecified atom stereocenters. The van der Waals surface area contributed by atoms with Crippen LogP contribution in [0.15, 0.2) is 24.4 Å². The van der Waals surface area contributed by atoms with Crippen LogP contribution < -0.4 is 10.2 Å². The topological polar surface area (TPSA) is 53.9 Å². The van der Waals surface area contributed by atoms with E-state index in [1.54, 1.807) is 6.20 Å². The van der Waals surface area contributed by atoms with E-state index in [9.17, 15) is 0 Å². The third-order valence-corrected chi connectivity index (χ3v) is 4.48. The monoisotopic (exact) mass is 311 g/mol. The zero-order valence-corrected chi connectivity index (χ0v) is 14.2. The fraction of sp³-hybridized carbons (Fsp3) is 0.500. The first-order chi connectivity index (χ1) is 11.2. The lowest BCUT2D eigenvalue weighted by Gasteiger charge is -2.30. The third kappa shape index (κ3) is 3.60. The minimum absolute atomic E-state index is 0.687. The molecule has 1 atom stereocenters. The number of anilines is 3. The van der Waals surface area contributed by atoms with Crippen molar-refractivity contribution >= 4 is 17.5 Å². The Morgan fingerprint density at radius 1 is 1.35 bits per heavy atom. The number of nitrogens with one attached hydrogen (secondary N) is 1. The molecule has 0 spiro atoms. The molecule has 0 saturated carbocycles. The smallest absolute Gasteiger partial charge is 0.247 e. The summed E-state index contributed by atoms with van der Waals surface area (Å²) < 4.78 is 0. The number of aromatic nitrogens is 3. The average Bonchev–Trinajstić information content (AvgIpc) is 2.57. The molecule has 5 heteroatoms. The quantitative estimate of drug-likeness (QED) is 0.932. The average molecular weight is 311 g/mol. The summed E-state index contributed by atoms with van der Waals surface area (Å²) in [6.07, 6.45) is 5.16. The van der Waals surface area contributed by atoms with Gasteiger partial charge in [0.25, 0.3) is 0 Å². The van der Waals surface area contributed by atoms with Gasteiger partial charge in [0.05, 0.1) is 6.20 Å². The number of nitrogens with zero attached hydrogens (tertiary/aromatic N) is 4. The molecule has 5 nitrogen and oxygen atoms in total. The summed E-state index contributed by atoms with van der Waals surface area (Å²) in [5.74, 6) is 2.18. The number of benzene rings is 1. The first-order valence-electron chi connectivity index (χ1n) is 8.47. The van der Waals surface area contributed by atoms with Gasteiger partial charge in [-0.05, 0) is 43.2 Å². The first kappa shape index (κ1) is 15.7. The Labute approximate surface area is 138 Å². The predicted octanol–water partition coefficient (Wildman–Crippen LogP) is 3.72. The maximum atomic E-state index is 4.68. The number of piperidine rings is 1. The van der Waals surface area contributed by atoms with E-state index in [1.165, 1.54) is 24.0 Å². The molecule has 3 rings (SSSR count). The van der Waals surface area contributed by atoms with Crippen molar-refractivity contribution in [2.45, 2.75) is 40.0 Å². The van der Waals surface area contributed by atoms with E-state index in [1.807, 2.05) is 0 Å². The van der Waals surface area contributed by atoms with E-state index in [0.717, 1.165) is 37.0 Å². The molecular formula is C18H25N5. The lowest BCUT2D eigenvalue weighted by molar-refractivity contribution is 0.441. The van der Waals surface area contributed by atoms with E-state index < -0.39 is 0 Å². The van der Waals surface area contributed by atoms with Gasteiger partial charge in [-0.15, -0.1) is 5.10 Å². The minimum Gasteiger partial charge on any atom is -0.339 e. The summed E-state index contributed by atoms with van der Waals surface area (Å²) >= 11 is 0. The van der Waals surface area contributed by atoms with E-state index in [4.69, 9.17) is 0 Å². The van der Waals surface area contributed by atoms with E-state index in [0.29, 0.717) is 5.92 Å². The van der Waals surface area contributed by atoms with Gasteiger partial charge in [0, 0.05) is 18.8 Å². The predicted molar refractivity (Wildman–Crippen MR) is 94.3 cm³/mol. The molecule has 1 aromatic heterocycles. The first-order valence-corrected chi connectivity index (χ1v) is 8.47. The van der Waals surface area contributed by atoms with Gasteiger partial charge < -0.3 is 10.2 Å². The molecule has 0 aliphatic carbocycles. The van der Waals surface area contributed by atoms with Crippen molar-refractivity contribution in [3.8, 4) is 0 Å². The van der Waals surface area contributed by atoms with Crippen LogP contribution in [0, 0.1) is 12.8 Å². The number of para-hydroxylation sites is 1. The van der Waals surface area contributed by atoms with Gasteiger partial charge in [-0.1, -0.05) is 32.0 Å². The van der Waals surface area contributed by atoms with Crippen LogP contribution >= 0.6 is 0 Å². The third-order valence-electron chi connectivity index (χ3n) is 4.48. The van der Waals surface area contributed by atoms with Gasteiger partial charge in [0.2, 0.25) is 5.95 Å². The second kappa shape index (κ2) is 6.94. The number of rotatable bonds is 4. The van der Waals surface area contributed by atoms with Gasteiger partial charge in [-0.3, -0.25) is 0 Å². The van der Waals surface area contributed by atoms with Crippen LogP contribution in [0.4, 0.5) is 17.5 Å². The van der Waals surface area contributed by atoms with Crippen molar-refractivity contribution in [2.24, 2.45) is 5.92 Å². The zero-order valence-electron chi connectivity index (χ0n) is 14.2. The maximum absolute atomic E-state index is 4.68. The van der Waals surface area contributed by atoms with Gasteiger partial charge in [0.1, 0.15) is 0 Å². The molecule has 0 radical (unpaired) electrons. The molecule has 2 heterocycles. The van der Waals surface area contributed by atoms with Crippen LogP contribution in [0.2, 0.25) is 0 Å². The number of hydrogen-bond donors (Lipinski definition) is 1. The molecule has 0 bridgehead atoms. The summed E-state index contributed by atoms with van der Waals surface area (Å²) in [4.78, 5) is 6.92. The Morgan fingerprint density at radius 3 is 3.00 bits per heavy atom. The largest absolute Gasteiger partial charge is 0.339 e. The van der Waals surface area contributed by atoms with Gasteiger partial charge in [-0.25, -0.2) is 0 Å². The summed E-state index contributed by atoms with van der Waals surface area (Å²) in [5.41, 5.74) is 3.64. The van der Waals surface area contributed by atoms with Crippen molar-refractivity contribution in [3.63, 3.8) is 0 Å². The highest BCUT2D eigenvalue weighted by atomic mass is 15.3. The van der Waals surface area contributed by atoms with Crippen molar-refractivity contribution in [1.82, 2.24) is 15.2 Å². The second-order valence-electron chi connectivity index (χ2n) is 6.42. The zero-order chi connectivity index (χ0) is 16.2. The molecule has 1 N–H and O–H groups in total. The summed E-state index contributed by atoms with van der Waals surface area (Å²) in [6.45, 7) is 8.58. The van der Waals surface area contributed by atoms with Gasteiger partial charge in [0.15, 0.2) is 5.82 Å². The molecule has 1 aliphatic heterocycles. The van der Waals surface area contributed by atoms with Crippen LogP contribution in [0.25, 0.3) is 0 Å². The molecule has 1 saturated heterocycles. The lowest BCUT2D eigenvalue weighted by atomic mass is 10.0. The molecule has 1 fully saturated rings. The summed E-state index contributed by atoms with van der Waals surface area (Å²) in [5, 5.41) is 11.8. The Balaban J connectivity index is 1.83. The summed E-state index contributed by atoms with van der Waals surface area (Å²) in [7, 11) is 0. The van der Waals surface area contributed by atoms with Crippen molar-refractivity contribution in [2.75, 3.05) is 23.3 Å². The van der Waals surface area contributed by atoms with E-state index in [-0.39, 0.29) is 0 Å². The fourth-order valence-electron chi connectivity index (χ4n) is 3.19. The Kier molecular flexibility index (Phi) is 4.74. The minimum atomic E-state index is 0.687. The van der Waals surface area contributed by atoms with Crippen LogP contribution in [0.5, 0.6) is 0 Å². The van der Waals surface area contributed by atoms with Crippen LogP contribution in [0.1, 0.15) is 37.8 Å². The van der Waals surface area contributed by atoms with Gasteiger partial charge >= 0.3 is 0 Å². The highest BCUT2D eigenvalue weighted by Gasteiger charge is 2.19. The molecule has 0 amide bonds. The normalized spacial score (nSPS) is 18.0. The Bertz CT molecular complexity index is 670.